The second-order valence-electron chi connectivity index (χ2n) is 9.65. The van der Waals surface area contributed by atoms with Crippen LogP contribution < -0.4 is 9.62 Å². The molecule has 0 aromatic heterocycles. The van der Waals surface area contributed by atoms with Crippen LogP contribution >= 0.6 is 23.2 Å². The zero-order valence-corrected chi connectivity index (χ0v) is 25.4. The van der Waals surface area contributed by atoms with E-state index in [4.69, 9.17) is 23.2 Å². The van der Waals surface area contributed by atoms with Gasteiger partial charge in [-0.3, -0.25) is 13.9 Å². The van der Waals surface area contributed by atoms with Crippen LogP contribution in [0.3, 0.4) is 0 Å². The molecule has 0 heterocycles. The summed E-state index contributed by atoms with van der Waals surface area (Å²) < 4.78 is 28.9. The van der Waals surface area contributed by atoms with Gasteiger partial charge in [-0.2, -0.15) is 0 Å². The Hall–Kier alpha value is -3.07. The summed E-state index contributed by atoms with van der Waals surface area (Å²) >= 11 is 12.2. The Bertz CT molecular complexity index is 1420. The lowest BCUT2D eigenvalue weighted by Crippen LogP contribution is -2.53. The van der Waals surface area contributed by atoms with E-state index in [1.165, 1.54) is 17.0 Å². The molecule has 10 heteroatoms. The van der Waals surface area contributed by atoms with Crippen LogP contribution in [0.15, 0.2) is 77.7 Å². The van der Waals surface area contributed by atoms with Crippen molar-refractivity contribution in [3.05, 3.63) is 94.0 Å². The number of hydrogen-bond acceptors (Lipinski definition) is 4. The van der Waals surface area contributed by atoms with E-state index in [-0.39, 0.29) is 23.4 Å². The minimum atomic E-state index is -4.15. The van der Waals surface area contributed by atoms with Gasteiger partial charge >= 0.3 is 0 Å². The number of sulfonamides is 1. The number of anilines is 1. The molecule has 1 N–H and O–H groups in total. The molecule has 3 rings (SSSR count). The SMILES string of the molecule is CC[C@@H](C)NC(=O)[C@@H](CC)N(Cc1ccc(Cl)cc1)C(=O)CN(c1ccc(Cl)cc1C)S(=O)(=O)c1ccccc1. The number of carbonyl (C=O) groups excluding carboxylic acids is 2. The van der Waals surface area contributed by atoms with Crippen molar-refractivity contribution in [2.75, 3.05) is 10.8 Å². The third-order valence-electron chi connectivity index (χ3n) is 6.69. The van der Waals surface area contributed by atoms with E-state index in [2.05, 4.69) is 5.32 Å². The largest absolute Gasteiger partial charge is 0.352 e. The van der Waals surface area contributed by atoms with Crippen LogP contribution in [0, 0.1) is 6.92 Å². The van der Waals surface area contributed by atoms with Gasteiger partial charge in [-0.05, 0) is 80.3 Å². The molecule has 0 saturated heterocycles. The predicted octanol–water partition coefficient (Wildman–Crippen LogP) is 6.22. The molecule has 2 atom stereocenters. The lowest BCUT2D eigenvalue weighted by Gasteiger charge is -2.34. The highest BCUT2D eigenvalue weighted by Gasteiger charge is 2.34. The summed E-state index contributed by atoms with van der Waals surface area (Å²) in [6, 6.07) is 18.8. The molecule has 0 radical (unpaired) electrons. The Morgan fingerprint density at radius 1 is 0.900 bits per heavy atom. The maximum atomic E-state index is 14.1. The van der Waals surface area contributed by atoms with Crippen LogP contribution in [0.25, 0.3) is 0 Å². The molecule has 3 aromatic rings. The van der Waals surface area contributed by atoms with E-state index >= 15 is 0 Å². The van der Waals surface area contributed by atoms with Crippen molar-refractivity contribution in [2.24, 2.45) is 0 Å². The highest BCUT2D eigenvalue weighted by Crippen LogP contribution is 2.29. The topological polar surface area (TPSA) is 86.8 Å². The molecule has 40 heavy (non-hydrogen) atoms. The summed E-state index contributed by atoms with van der Waals surface area (Å²) in [5.41, 5.74) is 1.67. The molecule has 3 aromatic carbocycles. The van der Waals surface area contributed by atoms with Crippen LogP contribution in [-0.2, 0) is 26.2 Å². The van der Waals surface area contributed by atoms with Crippen molar-refractivity contribution in [3.63, 3.8) is 0 Å². The number of nitrogens with one attached hydrogen (secondary N) is 1. The molecule has 0 aliphatic heterocycles. The number of amides is 2. The number of hydrogen-bond donors (Lipinski definition) is 1. The average molecular weight is 605 g/mol. The van der Waals surface area contributed by atoms with Gasteiger partial charge in [0.1, 0.15) is 12.6 Å². The highest BCUT2D eigenvalue weighted by molar-refractivity contribution is 7.92. The molecule has 2 amide bonds. The second-order valence-corrected chi connectivity index (χ2v) is 12.4. The monoisotopic (exact) mass is 603 g/mol. The maximum absolute atomic E-state index is 14.1. The minimum Gasteiger partial charge on any atom is -0.352 e. The third kappa shape index (κ3) is 7.77. The lowest BCUT2D eigenvalue weighted by atomic mass is 10.1. The predicted molar refractivity (Wildman–Crippen MR) is 161 cm³/mol. The van der Waals surface area contributed by atoms with Crippen molar-refractivity contribution in [2.45, 2.75) is 64.1 Å². The van der Waals surface area contributed by atoms with Gasteiger partial charge in [0.25, 0.3) is 10.0 Å². The van der Waals surface area contributed by atoms with Crippen molar-refractivity contribution in [1.82, 2.24) is 10.2 Å². The van der Waals surface area contributed by atoms with Crippen LogP contribution in [0.4, 0.5) is 5.69 Å². The molecule has 0 bridgehead atoms. The summed E-state index contributed by atoms with van der Waals surface area (Å²) in [5, 5.41) is 3.96. The number of carbonyl (C=O) groups is 2. The molecule has 0 fully saturated rings. The summed E-state index contributed by atoms with van der Waals surface area (Å²) in [6.07, 6.45) is 1.07. The number of halogens is 2. The van der Waals surface area contributed by atoms with Gasteiger partial charge < -0.3 is 10.2 Å². The Kier molecular flexibility index (Phi) is 11.0. The molecule has 0 spiro atoms. The molecule has 0 unspecified atom stereocenters. The second kappa shape index (κ2) is 14.0. The van der Waals surface area contributed by atoms with E-state index in [9.17, 15) is 18.0 Å². The van der Waals surface area contributed by atoms with E-state index in [1.54, 1.807) is 67.6 Å². The minimum absolute atomic E-state index is 0.0444. The van der Waals surface area contributed by atoms with Crippen LogP contribution in [0.2, 0.25) is 10.0 Å². The zero-order valence-electron chi connectivity index (χ0n) is 23.1. The van der Waals surface area contributed by atoms with Crippen molar-refractivity contribution >= 4 is 50.7 Å². The van der Waals surface area contributed by atoms with Crippen LogP contribution in [0.1, 0.15) is 44.7 Å². The molecule has 0 saturated carbocycles. The highest BCUT2D eigenvalue weighted by atomic mass is 35.5. The van der Waals surface area contributed by atoms with Gasteiger partial charge in [-0.1, -0.05) is 67.4 Å². The first-order chi connectivity index (χ1) is 19.0. The van der Waals surface area contributed by atoms with E-state index in [1.807, 2.05) is 20.8 Å². The number of aryl methyl sites for hydroxylation is 1. The molecular weight excluding hydrogens is 569 g/mol. The first-order valence-electron chi connectivity index (χ1n) is 13.2. The maximum Gasteiger partial charge on any atom is 0.264 e. The fourth-order valence-electron chi connectivity index (χ4n) is 4.28. The van der Waals surface area contributed by atoms with Crippen molar-refractivity contribution < 1.29 is 18.0 Å². The van der Waals surface area contributed by atoms with Gasteiger partial charge in [-0.15, -0.1) is 0 Å². The van der Waals surface area contributed by atoms with Gasteiger partial charge in [0.2, 0.25) is 11.8 Å². The summed E-state index contributed by atoms with van der Waals surface area (Å²) in [5.74, 6) is -0.811. The molecule has 0 aliphatic carbocycles. The quantitative estimate of drug-likeness (QED) is 0.266. The number of nitrogens with zero attached hydrogens (tertiary/aromatic N) is 2. The van der Waals surface area contributed by atoms with E-state index in [0.29, 0.717) is 27.7 Å². The molecule has 0 aliphatic rings. The van der Waals surface area contributed by atoms with Crippen LogP contribution in [0.5, 0.6) is 0 Å². The van der Waals surface area contributed by atoms with Gasteiger partial charge in [-0.25, -0.2) is 8.42 Å². The van der Waals surface area contributed by atoms with E-state index < -0.39 is 28.5 Å². The third-order valence-corrected chi connectivity index (χ3v) is 8.95. The smallest absolute Gasteiger partial charge is 0.264 e. The normalized spacial score (nSPS) is 12.8. The Balaban J connectivity index is 2.07. The van der Waals surface area contributed by atoms with Gasteiger partial charge in [0.15, 0.2) is 0 Å². The Morgan fingerprint density at radius 2 is 1.52 bits per heavy atom. The Labute approximate surface area is 247 Å². The number of benzene rings is 3. The fraction of sp³-hybridized carbons (Fsp3) is 0.333. The lowest BCUT2D eigenvalue weighted by molar-refractivity contribution is -0.140. The Morgan fingerprint density at radius 3 is 2.10 bits per heavy atom. The first-order valence-corrected chi connectivity index (χ1v) is 15.4. The molecular formula is C30H35Cl2N3O4S. The average Bonchev–Trinajstić information content (AvgIpc) is 2.93. The summed E-state index contributed by atoms with van der Waals surface area (Å²) in [4.78, 5) is 28.9. The standard InChI is InChI=1S/C30H35Cl2N3O4S/c1-5-22(4)33-30(37)27(6-2)34(19-23-12-14-24(31)15-13-23)29(36)20-35(28-17-16-25(32)18-21(28)3)40(38,39)26-10-8-7-9-11-26/h7-18,22,27H,5-6,19-20H2,1-4H3,(H,33,37)/t22-,27-/m1/s1. The number of rotatable bonds is 12. The summed E-state index contributed by atoms with van der Waals surface area (Å²) in [7, 11) is -4.15. The van der Waals surface area contributed by atoms with E-state index in [0.717, 1.165) is 16.3 Å². The van der Waals surface area contributed by atoms with Crippen molar-refractivity contribution in [3.8, 4) is 0 Å². The fourth-order valence-corrected chi connectivity index (χ4v) is 6.13. The zero-order chi connectivity index (χ0) is 29.4. The molecule has 7 nitrogen and oxygen atoms in total. The van der Waals surface area contributed by atoms with Gasteiger partial charge in [0, 0.05) is 22.6 Å². The van der Waals surface area contributed by atoms with Crippen LogP contribution in [-0.4, -0.2) is 43.8 Å². The first kappa shape index (κ1) is 31.5. The molecule has 214 valence electrons. The van der Waals surface area contributed by atoms with Gasteiger partial charge in [0.05, 0.1) is 10.6 Å². The summed E-state index contributed by atoms with van der Waals surface area (Å²) in [6.45, 7) is 7.00. The van der Waals surface area contributed by atoms with Crippen molar-refractivity contribution in [1.29, 1.82) is 0 Å².